The third-order valence-electron chi connectivity index (χ3n) is 1.51. The molecule has 0 aliphatic heterocycles. The number of hydrogen-bond acceptors (Lipinski definition) is 2. The van der Waals surface area contributed by atoms with Crippen LogP contribution in [-0.4, -0.2) is 12.2 Å². The lowest BCUT2D eigenvalue weighted by atomic mass is 10.3. The molecule has 0 heterocycles. The molecule has 0 aliphatic carbocycles. The van der Waals surface area contributed by atoms with Crippen molar-refractivity contribution in [3.8, 4) is 0 Å². The molecule has 0 bridgehead atoms. The summed E-state index contributed by atoms with van der Waals surface area (Å²) in [6.07, 6.45) is -0.621. The first-order chi connectivity index (χ1) is 6.99. The van der Waals surface area contributed by atoms with Crippen molar-refractivity contribution in [2.24, 2.45) is 0 Å². The number of ether oxygens (including phenoxy) is 1. The van der Waals surface area contributed by atoms with Crippen molar-refractivity contribution >= 4 is 39.3 Å². The quantitative estimate of drug-likeness (QED) is 0.892. The average Bonchev–Trinajstić information content (AvgIpc) is 2.08. The molecule has 0 saturated heterocycles. The zero-order valence-corrected chi connectivity index (χ0v) is 10.7. The summed E-state index contributed by atoms with van der Waals surface area (Å²) in [5.41, 5.74) is 0.630. The standard InChI is InChI=1S/C10H11BrClNO2/c1-6(2)15-10(14)13-9-4-3-7(12)5-8(9)11/h3-6H,1-2H3,(H,13,14). The molecule has 1 rings (SSSR count). The number of nitrogens with one attached hydrogen (secondary N) is 1. The second kappa shape index (κ2) is 5.37. The highest BCUT2D eigenvalue weighted by Crippen LogP contribution is 2.25. The van der Waals surface area contributed by atoms with Gasteiger partial charge in [-0.3, -0.25) is 5.32 Å². The van der Waals surface area contributed by atoms with E-state index in [1.807, 2.05) is 0 Å². The molecule has 0 atom stereocenters. The van der Waals surface area contributed by atoms with Gasteiger partial charge in [-0.2, -0.15) is 0 Å². The summed E-state index contributed by atoms with van der Waals surface area (Å²) in [6, 6.07) is 5.10. The normalized spacial score (nSPS) is 10.2. The number of carbonyl (C=O) groups is 1. The van der Waals surface area contributed by atoms with Crippen LogP contribution in [0.25, 0.3) is 0 Å². The van der Waals surface area contributed by atoms with Gasteiger partial charge in [-0.05, 0) is 48.0 Å². The Hall–Kier alpha value is -0.740. The van der Waals surface area contributed by atoms with E-state index in [1.54, 1.807) is 32.0 Å². The van der Waals surface area contributed by atoms with E-state index < -0.39 is 6.09 Å². The maximum absolute atomic E-state index is 11.3. The predicted octanol–water partition coefficient (Wildman–Crippen LogP) is 4.06. The Morgan fingerprint density at radius 3 is 2.73 bits per heavy atom. The van der Waals surface area contributed by atoms with Crippen molar-refractivity contribution in [3.05, 3.63) is 27.7 Å². The van der Waals surface area contributed by atoms with Gasteiger partial charge in [0.15, 0.2) is 0 Å². The summed E-state index contributed by atoms with van der Waals surface area (Å²) in [7, 11) is 0. The lowest BCUT2D eigenvalue weighted by Crippen LogP contribution is -2.18. The highest BCUT2D eigenvalue weighted by Gasteiger charge is 2.07. The maximum atomic E-state index is 11.3. The van der Waals surface area contributed by atoms with Gasteiger partial charge in [0.05, 0.1) is 11.8 Å². The van der Waals surface area contributed by atoms with E-state index in [2.05, 4.69) is 21.2 Å². The van der Waals surface area contributed by atoms with E-state index in [0.29, 0.717) is 10.7 Å². The van der Waals surface area contributed by atoms with Crippen molar-refractivity contribution in [2.45, 2.75) is 20.0 Å². The van der Waals surface area contributed by atoms with Gasteiger partial charge in [0.1, 0.15) is 0 Å². The lowest BCUT2D eigenvalue weighted by Gasteiger charge is -2.10. The molecule has 0 spiro atoms. The van der Waals surface area contributed by atoms with Crippen LogP contribution in [0, 0.1) is 0 Å². The fourth-order valence-corrected chi connectivity index (χ4v) is 1.73. The summed E-state index contributed by atoms with van der Waals surface area (Å²) >= 11 is 9.05. The van der Waals surface area contributed by atoms with Crippen LogP contribution in [0.3, 0.4) is 0 Å². The van der Waals surface area contributed by atoms with Crippen LogP contribution in [-0.2, 0) is 4.74 Å². The largest absolute Gasteiger partial charge is 0.447 e. The van der Waals surface area contributed by atoms with E-state index in [9.17, 15) is 4.79 Å². The Kier molecular flexibility index (Phi) is 4.42. The average molecular weight is 293 g/mol. The number of benzene rings is 1. The Morgan fingerprint density at radius 2 is 2.20 bits per heavy atom. The molecule has 0 saturated carbocycles. The number of amides is 1. The molecular weight excluding hydrogens is 281 g/mol. The maximum Gasteiger partial charge on any atom is 0.411 e. The van der Waals surface area contributed by atoms with Gasteiger partial charge in [-0.15, -0.1) is 0 Å². The number of halogens is 2. The van der Waals surface area contributed by atoms with Crippen molar-refractivity contribution in [3.63, 3.8) is 0 Å². The first kappa shape index (κ1) is 12.3. The third kappa shape index (κ3) is 4.10. The van der Waals surface area contributed by atoms with Crippen LogP contribution in [0.4, 0.5) is 10.5 Å². The van der Waals surface area contributed by atoms with Gasteiger partial charge in [-0.1, -0.05) is 11.6 Å². The van der Waals surface area contributed by atoms with Gasteiger partial charge in [-0.25, -0.2) is 4.79 Å². The van der Waals surface area contributed by atoms with E-state index >= 15 is 0 Å². The number of rotatable bonds is 2. The molecule has 0 aromatic heterocycles. The molecule has 5 heteroatoms. The van der Waals surface area contributed by atoms with Crippen LogP contribution in [0.2, 0.25) is 5.02 Å². The molecular formula is C10H11BrClNO2. The number of anilines is 1. The van der Waals surface area contributed by atoms with Crippen molar-refractivity contribution in [2.75, 3.05) is 5.32 Å². The van der Waals surface area contributed by atoms with Crippen LogP contribution in [0.1, 0.15) is 13.8 Å². The minimum absolute atomic E-state index is 0.143. The smallest absolute Gasteiger partial charge is 0.411 e. The highest BCUT2D eigenvalue weighted by molar-refractivity contribution is 9.10. The minimum atomic E-state index is -0.479. The minimum Gasteiger partial charge on any atom is -0.447 e. The fourth-order valence-electron chi connectivity index (χ4n) is 0.944. The first-order valence-electron chi connectivity index (χ1n) is 4.41. The van der Waals surface area contributed by atoms with Gasteiger partial charge in [0.2, 0.25) is 0 Å². The Balaban J connectivity index is 2.68. The van der Waals surface area contributed by atoms with Crippen LogP contribution in [0.15, 0.2) is 22.7 Å². The second-order valence-corrected chi connectivity index (χ2v) is 4.49. The molecule has 1 aromatic rings. The number of hydrogen-bond donors (Lipinski definition) is 1. The van der Waals surface area contributed by atoms with Crippen molar-refractivity contribution in [1.82, 2.24) is 0 Å². The second-order valence-electron chi connectivity index (χ2n) is 3.20. The Morgan fingerprint density at radius 1 is 1.53 bits per heavy atom. The third-order valence-corrected chi connectivity index (χ3v) is 2.40. The molecule has 0 radical (unpaired) electrons. The summed E-state index contributed by atoms with van der Waals surface area (Å²) in [6.45, 7) is 3.58. The summed E-state index contributed by atoms with van der Waals surface area (Å²) in [5, 5.41) is 3.20. The molecule has 1 N–H and O–H groups in total. The van der Waals surface area contributed by atoms with Gasteiger partial charge >= 0.3 is 6.09 Å². The fraction of sp³-hybridized carbons (Fsp3) is 0.300. The van der Waals surface area contributed by atoms with Gasteiger partial charge < -0.3 is 4.74 Å². The summed E-state index contributed by atoms with van der Waals surface area (Å²) in [5.74, 6) is 0. The number of carbonyl (C=O) groups excluding carboxylic acids is 1. The van der Waals surface area contributed by atoms with Crippen molar-refractivity contribution in [1.29, 1.82) is 0 Å². The molecule has 1 aromatic carbocycles. The van der Waals surface area contributed by atoms with E-state index in [-0.39, 0.29) is 6.10 Å². The monoisotopic (exact) mass is 291 g/mol. The van der Waals surface area contributed by atoms with Crippen LogP contribution >= 0.6 is 27.5 Å². The predicted molar refractivity (Wildman–Crippen MR) is 64.4 cm³/mol. The van der Waals surface area contributed by atoms with Crippen LogP contribution < -0.4 is 5.32 Å². The summed E-state index contributed by atoms with van der Waals surface area (Å²) < 4.78 is 5.65. The molecule has 82 valence electrons. The van der Waals surface area contributed by atoms with Gasteiger partial charge in [0.25, 0.3) is 0 Å². The molecule has 0 unspecified atom stereocenters. The summed E-state index contributed by atoms with van der Waals surface area (Å²) in [4.78, 5) is 11.3. The van der Waals surface area contributed by atoms with E-state index in [1.165, 1.54) is 0 Å². The first-order valence-corrected chi connectivity index (χ1v) is 5.59. The lowest BCUT2D eigenvalue weighted by molar-refractivity contribution is 0.130. The van der Waals surface area contributed by atoms with E-state index in [0.717, 1.165) is 4.47 Å². The Bertz CT molecular complexity index is 368. The highest BCUT2D eigenvalue weighted by atomic mass is 79.9. The molecule has 15 heavy (non-hydrogen) atoms. The van der Waals surface area contributed by atoms with E-state index in [4.69, 9.17) is 16.3 Å². The zero-order chi connectivity index (χ0) is 11.4. The molecule has 0 fully saturated rings. The zero-order valence-electron chi connectivity index (χ0n) is 8.38. The molecule has 1 amide bonds. The van der Waals surface area contributed by atoms with Crippen LogP contribution in [0.5, 0.6) is 0 Å². The SMILES string of the molecule is CC(C)OC(=O)Nc1ccc(Cl)cc1Br. The topological polar surface area (TPSA) is 38.3 Å². The molecule has 0 aliphatic rings. The molecule has 3 nitrogen and oxygen atoms in total. The van der Waals surface area contributed by atoms with Crippen molar-refractivity contribution < 1.29 is 9.53 Å². The Labute approximate surface area is 102 Å². The van der Waals surface area contributed by atoms with Gasteiger partial charge in [0, 0.05) is 9.50 Å².